The maximum Gasteiger partial charge on any atom is 0.404 e. The number of amides is 1. The van der Waals surface area contributed by atoms with E-state index in [1.54, 1.807) is 41.2 Å². The van der Waals surface area contributed by atoms with Crippen LogP contribution >= 0.6 is 7.60 Å². The van der Waals surface area contributed by atoms with Crippen LogP contribution in [-0.2, 0) is 20.4 Å². The van der Waals surface area contributed by atoms with Crippen LogP contribution in [0.5, 0.6) is 5.75 Å². The molecule has 0 saturated heterocycles. The van der Waals surface area contributed by atoms with Crippen molar-refractivity contribution in [2.75, 3.05) is 25.2 Å². The van der Waals surface area contributed by atoms with Crippen molar-refractivity contribution in [1.29, 1.82) is 0 Å². The van der Waals surface area contributed by atoms with Crippen molar-refractivity contribution >= 4 is 30.5 Å². The highest BCUT2D eigenvalue weighted by Gasteiger charge is 2.28. The van der Waals surface area contributed by atoms with Gasteiger partial charge in [-0.1, -0.05) is 36.4 Å². The van der Waals surface area contributed by atoms with Gasteiger partial charge in [0.2, 0.25) is 0 Å². The van der Waals surface area contributed by atoms with E-state index in [9.17, 15) is 9.36 Å². The summed E-state index contributed by atoms with van der Waals surface area (Å²) in [7, 11) is -3.68. The Labute approximate surface area is 220 Å². The summed E-state index contributed by atoms with van der Waals surface area (Å²) in [5.74, 6) is 0.544. The molecule has 38 heavy (non-hydrogen) atoms. The van der Waals surface area contributed by atoms with Gasteiger partial charge in [0.25, 0.3) is 5.91 Å². The molecule has 11 nitrogen and oxygen atoms in total. The van der Waals surface area contributed by atoms with Crippen molar-refractivity contribution in [2.24, 2.45) is 0 Å². The van der Waals surface area contributed by atoms with Crippen LogP contribution in [0.3, 0.4) is 0 Å². The van der Waals surface area contributed by atoms with Crippen molar-refractivity contribution in [3.63, 3.8) is 0 Å². The van der Waals surface area contributed by atoms with Crippen LogP contribution in [0.1, 0.15) is 29.3 Å². The quantitative estimate of drug-likeness (QED) is 0.189. The van der Waals surface area contributed by atoms with Crippen molar-refractivity contribution in [3.05, 3.63) is 78.4 Å². The van der Waals surface area contributed by atoms with Gasteiger partial charge in [-0.15, -0.1) is 0 Å². The molecule has 2 aromatic carbocycles. The zero-order chi connectivity index (χ0) is 27.0. The number of carbonyl (C=O) groups is 1. The first-order chi connectivity index (χ1) is 18.3. The SMILES string of the molecule is Cc1ccccc1C(=O)NCCCOP(=O)(COC(C)Cn1cnc2c(N)ncnc21)Oc1ccccc1. The Morgan fingerprint density at radius 2 is 1.87 bits per heavy atom. The number of rotatable bonds is 13. The standard InChI is InChI=1S/C26H31N6O5P/c1-19-9-6-7-12-22(19)26(33)28-13-8-14-36-38(34,37-21-10-4-3-5-11-21)18-35-20(2)15-32-17-31-23-24(27)29-16-30-25(23)32/h3-7,9-12,16-17,20H,8,13-15,18H2,1-2H3,(H,28,33)(H2,27,29,30). The molecule has 3 N–H and O–H groups in total. The Balaban J connectivity index is 1.32. The van der Waals surface area contributed by atoms with Crippen molar-refractivity contribution in [1.82, 2.24) is 24.8 Å². The lowest BCUT2D eigenvalue weighted by Crippen LogP contribution is -2.26. The largest absolute Gasteiger partial charge is 0.423 e. The van der Waals surface area contributed by atoms with Crippen LogP contribution in [0.25, 0.3) is 11.2 Å². The Hall–Kier alpha value is -3.79. The van der Waals surface area contributed by atoms with E-state index in [1.807, 2.05) is 38.1 Å². The Kier molecular flexibility index (Phi) is 9.06. The van der Waals surface area contributed by atoms with Crippen LogP contribution in [0.2, 0.25) is 0 Å². The minimum Gasteiger partial charge on any atom is -0.423 e. The molecule has 0 bridgehead atoms. The fraction of sp³-hybridized carbons (Fsp3) is 0.308. The lowest BCUT2D eigenvalue weighted by atomic mass is 10.1. The Bertz CT molecular complexity index is 1410. The number of anilines is 1. The topological polar surface area (TPSA) is 143 Å². The lowest BCUT2D eigenvalue weighted by Gasteiger charge is -2.22. The first kappa shape index (κ1) is 27.3. The number of nitrogens with two attached hydrogens (primary N) is 1. The van der Waals surface area contributed by atoms with Crippen molar-refractivity contribution < 1.29 is 23.1 Å². The molecule has 2 heterocycles. The summed E-state index contributed by atoms with van der Waals surface area (Å²) in [5, 5.41) is 2.86. The number of hydrogen-bond acceptors (Lipinski definition) is 9. The smallest absolute Gasteiger partial charge is 0.404 e. The fourth-order valence-corrected chi connectivity index (χ4v) is 5.18. The summed E-state index contributed by atoms with van der Waals surface area (Å²) in [6.07, 6.45) is 2.80. The summed E-state index contributed by atoms with van der Waals surface area (Å²) in [6, 6.07) is 16.2. The minimum atomic E-state index is -3.68. The minimum absolute atomic E-state index is 0.109. The predicted molar refractivity (Wildman–Crippen MR) is 144 cm³/mol. The van der Waals surface area contributed by atoms with Gasteiger partial charge in [0.05, 0.1) is 25.6 Å². The van der Waals surface area contributed by atoms with Gasteiger partial charge in [-0.05, 0) is 44.0 Å². The van der Waals surface area contributed by atoms with E-state index in [2.05, 4.69) is 20.3 Å². The number of aromatic nitrogens is 4. The van der Waals surface area contributed by atoms with Crippen molar-refractivity contribution in [3.8, 4) is 5.75 Å². The van der Waals surface area contributed by atoms with E-state index in [0.29, 0.717) is 47.8 Å². The predicted octanol–water partition coefficient (Wildman–Crippen LogP) is 4.19. The third-order valence-corrected chi connectivity index (χ3v) is 7.20. The summed E-state index contributed by atoms with van der Waals surface area (Å²) in [5.41, 5.74) is 8.47. The molecule has 2 aromatic heterocycles. The van der Waals surface area contributed by atoms with Gasteiger partial charge in [-0.2, -0.15) is 0 Å². The van der Waals surface area contributed by atoms with Crippen LogP contribution < -0.4 is 15.6 Å². The molecule has 0 aliphatic heterocycles. The van der Waals surface area contributed by atoms with Crippen molar-refractivity contribution in [2.45, 2.75) is 32.9 Å². The van der Waals surface area contributed by atoms with E-state index in [0.717, 1.165) is 5.56 Å². The second kappa shape index (κ2) is 12.6. The number of nitrogens with zero attached hydrogens (tertiary/aromatic N) is 4. The highest BCUT2D eigenvalue weighted by Crippen LogP contribution is 2.48. The average Bonchev–Trinajstić information content (AvgIpc) is 3.32. The van der Waals surface area contributed by atoms with Gasteiger partial charge in [-0.25, -0.2) is 19.5 Å². The highest BCUT2D eigenvalue weighted by molar-refractivity contribution is 7.54. The van der Waals surface area contributed by atoms with Crippen LogP contribution in [-0.4, -0.2) is 51.0 Å². The van der Waals surface area contributed by atoms with Gasteiger partial charge >= 0.3 is 7.60 Å². The number of hydrogen-bond donors (Lipinski definition) is 2. The molecule has 2 unspecified atom stereocenters. The third-order valence-electron chi connectivity index (χ3n) is 5.67. The molecule has 0 aliphatic carbocycles. The molecule has 0 aliphatic rings. The van der Waals surface area contributed by atoms with Crippen LogP contribution in [0, 0.1) is 6.92 Å². The molecule has 0 fully saturated rings. The zero-order valence-corrected chi connectivity index (χ0v) is 22.2. The summed E-state index contributed by atoms with van der Waals surface area (Å²) in [6.45, 7) is 4.58. The van der Waals surface area contributed by atoms with E-state index in [-0.39, 0.29) is 25.0 Å². The fourth-order valence-electron chi connectivity index (χ4n) is 3.71. The summed E-state index contributed by atoms with van der Waals surface area (Å²) >= 11 is 0. The van der Waals surface area contributed by atoms with Gasteiger partial charge < -0.3 is 24.9 Å². The van der Waals surface area contributed by atoms with Gasteiger partial charge in [0.1, 0.15) is 17.6 Å². The molecule has 4 rings (SSSR count). The van der Waals surface area contributed by atoms with Gasteiger partial charge in [0.15, 0.2) is 17.8 Å². The number of aryl methyl sites for hydroxylation is 1. The lowest BCUT2D eigenvalue weighted by molar-refractivity contribution is 0.0726. The Morgan fingerprint density at radius 3 is 2.66 bits per heavy atom. The van der Waals surface area contributed by atoms with Crippen LogP contribution in [0.15, 0.2) is 67.3 Å². The molecular formula is C26H31N6O5P. The van der Waals surface area contributed by atoms with Gasteiger partial charge in [0, 0.05) is 12.1 Å². The molecule has 0 radical (unpaired) electrons. The van der Waals surface area contributed by atoms with E-state index >= 15 is 0 Å². The molecule has 0 spiro atoms. The number of carbonyl (C=O) groups excluding carboxylic acids is 1. The normalized spacial score (nSPS) is 13.6. The number of nitrogens with one attached hydrogen (secondary N) is 1. The van der Waals surface area contributed by atoms with Gasteiger partial charge in [-0.3, -0.25) is 9.32 Å². The third kappa shape index (κ3) is 7.16. The first-order valence-corrected chi connectivity index (χ1v) is 13.9. The molecule has 1 amide bonds. The number of fused-ring (bicyclic) bond motifs is 1. The average molecular weight is 539 g/mol. The maximum atomic E-state index is 13.6. The molecular weight excluding hydrogens is 507 g/mol. The number of imidazole rings is 1. The Morgan fingerprint density at radius 1 is 1.11 bits per heavy atom. The van der Waals surface area contributed by atoms with E-state index in [1.165, 1.54) is 6.33 Å². The number of para-hydroxylation sites is 1. The second-order valence-corrected chi connectivity index (χ2v) is 10.6. The molecule has 0 saturated carbocycles. The second-order valence-electron chi connectivity index (χ2n) is 8.71. The molecule has 200 valence electrons. The highest BCUT2D eigenvalue weighted by atomic mass is 31.2. The zero-order valence-electron chi connectivity index (χ0n) is 21.3. The monoisotopic (exact) mass is 538 g/mol. The van der Waals surface area contributed by atoms with E-state index in [4.69, 9.17) is 19.5 Å². The first-order valence-electron chi connectivity index (χ1n) is 12.2. The molecule has 4 aromatic rings. The number of nitrogen functional groups attached to an aromatic ring is 1. The molecule has 2 atom stereocenters. The maximum absolute atomic E-state index is 13.6. The van der Waals surface area contributed by atoms with Crippen LogP contribution in [0.4, 0.5) is 5.82 Å². The summed E-state index contributed by atoms with van der Waals surface area (Å²) in [4.78, 5) is 24.8. The van der Waals surface area contributed by atoms with E-state index < -0.39 is 7.60 Å². The number of benzene rings is 2. The number of ether oxygens (including phenoxy) is 1. The molecule has 12 heteroatoms. The summed E-state index contributed by atoms with van der Waals surface area (Å²) < 4.78 is 32.7.